The smallest absolute Gasteiger partial charge is 0.207 e. The molecule has 1 aliphatic rings. The molecule has 0 aliphatic carbocycles. The molecule has 0 saturated carbocycles. The molecule has 1 atom stereocenters. The molecule has 0 spiro atoms. The maximum Gasteiger partial charge on any atom is 0.207 e. The number of hydrazone groups is 1. The van der Waals surface area contributed by atoms with Crippen LogP contribution in [0.1, 0.15) is 34.0 Å². The summed E-state index contributed by atoms with van der Waals surface area (Å²) in [5, 5.41) is 11.9. The maximum atomic E-state index is 13.5. The first kappa shape index (κ1) is 19.2. The Balaban J connectivity index is 1.53. The summed E-state index contributed by atoms with van der Waals surface area (Å²) in [4.78, 5) is 6.07. The zero-order chi connectivity index (χ0) is 20.7. The minimum Gasteiger partial charge on any atom is -0.231 e. The zero-order valence-electron chi connectivity index (χ0n) is 16.7. The summed E-state index contributed by atoms with van der Waals surface area (Å²) >= 11 is 3.28. The normalized spacial score (nSPS) is 16.2. The average Bonchev–Trinajstić information content (AvgIpc) is 3.50. The molecular weight excluding hydrogens is 413 g/mol. The van der Waals surface area contributed by atoms with Crippen molar-refractivity contribution in [1.82, 2.24) is 4.98 Å². The number of aromatic nitrogens is 1. The quantitative estimate of drug-likeness (QED) is 0.347. The molecule has 1 aliphatic heterocycles. The van der Waals surface area contributed by atoms with Crippen LogP contribution in [0.4, 0.5) is 9.52 Å². The highest BCUT2D eigenvalue weighted by atomic mass is 32.1. The Morgan fingerprint density at radius 1 is 1.00 bits per heavy atom. The lowest BCUT2D eigenvalue weighted by atomic mass is 10.0. The van der Waals surface area contributed by atoms with Crippen LogP contribution in [0.5, 0.6) is 0 Å². The van der Waals surface area contributed by atoms with Gasteiger partial charge in [0, 0.05) is 17.4 Å². The van der Waals surface area contributed by atoms with Crippen LogP contribution >= 0.6 is 22.7 Å². The van der Waals surface area contributed by atoms with Gasteiger partial charge in [0.15, 0.2) is 0 Å². The van der Waals surface area contributed by atoms with E-state index in [1.807, 2.05) is 23.2 Å². The number of anilines is 1. The zero-order valence-corrected chi connectivity index (χ0v) is 18.3. The van der Waals surface area contributed by atoms with Gasteiger partial charge in [-0.15, -0.1) is 22.7 Å². The molecule has 0 saturated heterocycles. The number of hydrogen-bond donors (Lipinski definition) is 0. The van der Waals surface area contributed by atoms with Crippen molar-refractivity contribution in [3.05, 3.63) is 92.7 Å². The van der Waals surface area contributed by atoms with Gasteiger partial charge >= 0.3 is 0 Å². The van der Waals surface area contributed by atoms with Crippen LogP contribution in [0, 0.1) is 19.7 Å². The Kier molecular flexibility index (Phi) is 4.97. The molecule has 3 nitrogen and oxygen atoms in total. The van der Waals surface area contributed by atoms with Gasteiger partial charge in [0.25, 0.3) is 0 Å². The van der Waals surface area contributed by atoms with E-state index in [1.54, 1.807) is 22.7 Å². The van der Waals surface area contributed by atoms with E-state index in [-0.39, 0.29) is 11.9 Å². The highest BCUT2D eigenvalue weighted by Crippen LogP contribution is 2.40. The minimum atomic E-state index is -0.228. The van der Waals surface area contributed by atoms with Crippen molar-refractivity contribution in [2.45, 2.75) is 26.3 Å². The number of halogens is 1. The summed E-state index contributed by atoms with van der Waals surface area (Å²) < 4.78 is 13.5. The molecule has 0 bridgehead atoms. The number of nitrogens with zero attached hydrogens (tertiary/aromatic N) is 3. The molecule has 0 unspecified atom stereocenters. The van der Waals surface area contributed by atoms with Crippen molar-refractivity contribution in [3.63, 3.8) is 0 Å². The summed E-state index contributed by atoms with van der Waals surface area (Å²) in [5.41, 5.74) is 6.67. The molecule has 0 fully saturated rings. The third-order valence-corrected chi connectivity index (χ3v) is 7.21. The number of hydrogen-bond acceptors (Lipinski definition) is 5. The lowest BCUT2D eigenvalue weighted by molar-refractivity contribution is 0.624. The maximum absolute atomic E-state index is 13.5. The van der Waals surface area contributed by atoms with Gasteiger partial charge in [0.1, 0.15) is 5.82 Å². The molecule has 0 N–H and O–H groups in total. The summed E-state index contributed by atoms with van der Waals surface area (Å²) in [6, 6.07) is 17.3. The molecule has 5 rings (SSSR count). The van der Waals surface area contributed by atoms with Crippen molar-refractivity contribution in [2.24, 2.45) is 5.10 Å². The molecular formula is C24H20FN3S2. The van der Waals surface area contributed by atoms with Crippen LogP contribution in [-0.2, 0) is 0 Å². The summed E-state index contributed by atoms with van der Waals surface area (Å²) in [5.74, 6) is -0.228. The van der Waals surface area contributed by atoms with Crippen LogP contribution in [0.15, 0.2) is 70.5 Å². The SMILES string of the molecule is Cc1ccc(-c2csc(N3N=C(c4cccs4)C[C@@H]3c3ccc(F)cc3)n2)cc1C. The molecule has 6 heteroatoms. The van der Waals surface area contributed by atoms with E-state index >= 15 is 0 Å². The second kappa shape index (κ2) is 7.78. The molecule has 2 aromatic heterocycles. The average molecular weight is 434 g/mol. The van der Waals surface area contributed by atoms with E-state index in [0.717, 1.165) is 39.0 Å². The highest BCUT2D eigenvalue weighted by molar-refractivity contribution is 7.14. The van der Waals surface area contributed by atoms with Gasteiger partial charge in [-0.2, -0.15) is 5.10 Å². The van der Waals surface area contributed by atoms with Gasteiger partial charge < -0.3 is 0 Å². The van der Waals surface area contributed by atoms with Gasteiger partial charge in [0.05, 0.1) is 22.3 Å². The lowest BCUT2D eigenvalue weighted by Crippen LogP contribution is -2.18. The molecule has 0 radical (unpaired) electrons. The number of thiophene rings is 1. The highest BCUT2D eigenvalue weighted by Gasteiger charge is 2.32. The first-order valence-electron chi connectivity index (χ1n) is 9.78. The topological polar surface area (TPSA) is 28.5 Å². The van der Waals surface area contributed by atoms with Crippen LogP contribution in [-0.4, -0.2) is 10.7 Å². The van der Waals surface area contributed by atoms with Crippen molar-refractivity contribution in [3.8, 4) is 11.3 Å². The Labute approximate surface area is 183 Å². The summed E-state index contributed by atoms with van der Waals surface area (Å²) in [6.45, 7) is 4.23. The Morgan fingerprint density at radius 3 is 2.57 bits per heavy atom. The van der Waals surface area contributed by atoms with Crippen LogP contribution in [0.2, 0.25) is 0 Å². The molecule has 4 aromatic rings. The standard InChI is InChI=1S/C24H20FN3S2/c1-15-5-6-18(12-16(15)2)21-14-30-24(26-21)28-22(17-7-9-19(25)10-8-17)13-20(27-28)23-4-3-11-29-23/h3-12,14,22H,13H2,1-2H3/t22-/m1/s1. The predicted molar refractivity (Wildman–Crippen MR) is 124 cm³/mol. The van der Waals surface area contributed by atoms with E-state index in [0.29, 0.717) is 0 Å². The largest absolute Gasteiger partial charge is 0.231 e. The van der Waals surface area contributed by atoms with Crippen LogP contribution in [0.25, 0.3) is 11.3 Å². The van der Waals surface area contributed by atoms with Gasteiger partial charge in [-0.25, -0.2) is 14.4 Å². The van der Waals surface area contributed by atoms with Gasteiger partial charge in [-0.05, 0) is 60.2 Å². The third kappa shape index (κ3) is 3.57. The van der Waals surface area contributed by atoms with Crippen LogP contribution in [0.3, 0.4) is 0 Å². The first-order chi connectivity index (χ1) is 14.6. The van der Waals surface area contributed by atoms with E-state index in [4.69, 9.17) is 10.1 Å². The minimum absolute atomic E-state index is 0.00135. The van der Waals surface area contributed by atoms with Crippen molar-refractivity contribution in [2.75, 3.05) is 5.01 Å². The fourth-order valence-electron chi connectivity index (χ4n) is 3.63. The first-order valence-corrected chi connectivity index (χ1v) is 11.5. The van der Waals surface area contributed by atoms with E-state index in [1.165, 1.54) is 23.3 Å². The molecule has 3 heterocycles. The third-order valence-electron chi connectivity index (χ3n) is 5.46. The Hall–Kier alpha value is -2.83. The molecule has 0 amide bonds. The monoisotopic (exact) mass is 433 g/mol. The van der Waals surface area contributed by atoms with E-state index < -0.39 is 0 Å². The fraction of sp³-hybridized carbons (Fsp3) is 0.167. The Bertz CT molecular complexity index is 1210. The van der Waals surface area contributed by atoms with Crippen LogP contribution < -0.4 is 5.01 Å². The predicted octanol–water partition coefficient (Wildman–Crippen LogP) is 6.98. The summed E-state index contributed by atoms with van der Waals surface area (Å²) in [7, 11) is 0. The van der Waals surface area contributed by atoms with Gasteiger partial charge in [-0.1, -0.05) is 30.3 Å². The van der Waals surface area contributed by atoms with Gasteiger partial charge in [-0.3, -0.25) is 0 Å². The number of benzene rings is 2. The molecule has 2 aromatic carbocycles. The Morgan fingerprint density at radius 2 is 1.83 bits per heavy atom. The second-order valence-corrected chi connectivity index (χ2v) is 9.24. The number of thiazole rings is 1. The van der Waals surface area contributed by atoms with Crippen molar-refractivity contribution < 1.29 is 4.39 Å². The summed E-state index contributed by atoms with van der Waals surface area (Å²) in [6.07, 6.45) is 0.769. The lowest BCUT2D eigenvalue weighted by Gasteiger charge is -2.21. The van der Waals surface area contributed by atoms with E-state index in [2.05, 4.69) is 48.9 Å². The molecule has 150 valence electrons. The second-order valence-electron chi connectivity index (χ2n) is 7.45. The number of aryl methyl sites for hydroxylation is 2. The number of rotatable bonds is 4. The van der Waals surface area contributed by atoms with E-state index in [9.17, 15) is 4.39 Å². The van der Waals surface area contributed by atoms with Crippen molar-refractivity contribution in [1.29, 1.82) is 0 Å². The van der Waals surface area contributed by atoms with Gasteiger partial charge in [0.2, 0.25) is 5.13 Å². The van der Waals surface area contributed by atoms with Crippen molar-refractivity contribution >= 4 is 33.5 Å². The fourth-order valence-corrected chi connectivity index (χ4v) is 5.18. The molecule has 30 heavy (non-hydrogen) atoms.